The predicted octanol–water partition coefficient (Wildman–Crippen LogP) is 3.86. The Morgan fingerprint density at radius 1 is 1.40 bits per heavy atom. The molecule has 0 unspecified atom stereocenters. The van der Waals surface area contributed by atoms with Crippen LogP contribution in [0.1, 0.15) is 44.2 Å². The summed E-state index contributed by atoms with van der Waals surface area (Å²) in [5, 5.41) is 4.08. The van der Waals surface area contributed by atoms with Crippen molar-refractivity contribution in [1.29, 1.82) is 0 Å². The van der Waals surface area contributed by atoms with E-state index in [2.05, 4.69) is 44.8 Å². The molecule has 5 nitrogen and oxygen atoms in total. The van der Waals surface area contributed by atoms with E-state index in [1.807, 2.05) is 20.0 Å². The second-order valence-corrected chi connectivity index (χ2v) is 6.63. The van der Waals surface area contributed by atoms with Gasteiger partial charge >= 0.3 is 0 Å². The van der Waals surface area contributed by atoms with Gasteiger partial charge in [-0.05, 0) is 38.0 Å². The molecule has 0 radical (unpaired) electrons. The van der Waals surface area contributed by atoms with Crippen molar-refractivity contribution in [3.8, 4) is 0 Å². The topological polar surface area (TPSA) is 68.8 Å². The van der Waals surface area contributed by atoms with E-state index in [4.69, 9.17) is 5.73 Å². The van der Waals surface area contributed by atoms with Gasteiger partial charge in [0.15, 0.2) is 0 Å². The molecule has 0 saturated heterocycles. The summed E-state index contributed by atoms with van der Waals surface area (Å²) in [6.45, 7) is 6.90. The third-order valence-corrected chi connectivity index (χ3v) is 4.78. The molecule has 0 bridgehead atoms. The number of likely N-dealkylation sites (N-methyl/N-ethyl adjacent to an activating group) is 1. The van der Waals surface area contributed by atoms with Crippen molar-refractivity contribution in [2.75, 3.05) is 19.3 Å². The number of hydrogen-bond donors (Lipinski definition) is 2. The van der Waals surface area contributed by atoms with Crippen molar-refractivity contribution in [1.82, 2.24) is 19.9 Å². The zero-order valence-electron chi connectivity index (χ0n) is 15.1. The fraction of sp³-hybridized carbons (Fsp3) is 0.400. The molecule has 5 heteroatoms. The zero-order valence-corrected chi connectivity index (χ0v) is 15.1. The van der Waals surface area contributed by atoms with Crippen molar-refractivity contribution in [2.45, 2.75) is 38.6 Å². The van der Waals surface area contributed by atoms with Crippen molar-refractivity contribution >= 4 is 22.4 Å². The molecular weight excluding hydrogens is 310 g/mol. The van der Waals surface area contributed by atoms with Gasteiger partial charge in [0, 0.05) is 24.3 Å². The average molecular weight is 337 g/mol. The van der Waals surface area contributed by atoms with E-state index in [0.717, 1.165) is 34.3 Å². The summed E-state index contributed by atoms with van der Waals surface area (Å²) < 4.78 is 2.30. The van der Waals surface area contributed by atoms with Crippen molar-refractivity contribution < 1.29 is 0 Å². The second kappa shape index (κ2) is 7.66. The summed E-state index contributed by atoms with van der Waals surface area (Å²) in [5.41, 5.74) is 10.4. The molecule has 0 spiro atoms. The third-order valence-electron chi connectivity index (χ3n) is 4.78. The first-order valence-electron chi connectivity index (χ1n) is 8.93. The van der Waals surface area contributed by atoms with Gasteiger partial charge in [-0.1, -0.05) is 37.6 Å². The van der Waals surface area contributed by atoms with Crippen LogP contribution < -0.4 is 11.1 Å². The van der Waals surface area contributed by atoms with E-state index in [1.165, 1.54) is 25.7 Å². The van der Waals surface area contributed by atoms with Gasteiger partial charge in [0.05, 0.1) is 5.39 Å². The number of fused-ring (bicyclic) bond motifs is 1. The summed E-state index contributed by atoms with van der Waals surface area (Å²) in [5.74, 6) is 0.534. The lowest BCUT2D eigenvalue weighted by Crippen LogP contribution is -2.08. The summed E-state index contributed by atoms with van der Waals surface area (Å²) in [6.07, 6.45) is 14.9. The Hall–Kier alpha value is -2.40. The van der Waals surface area contributed by atoms with Gasteiger partial charge in [0.1, 0.15) is 17.8 Å². The van der Waals surface area contributed by atoms with E-state index in [0.29, 0.717) is 11.9 Å². The summed E-state index contributed by atoms with van der Waals surface area (Å²) in [6, 6.07) is 0.498. The highest BCUT2D eigenvalue weighted by Crippen LogP contribution is 2.37. The Morgan fingerprint density at radius 2 is 2.16 bits per heavy atom. The van der Waals surface area contributed by atoms with Crippen LogP contribution in [0.25, 0.3) is 16.6 Å². The van der Waals surface area contributed by atoms with Crippen LogP contribution in [-0.2, 0) is 0 Å². The molecule has 25 heavy (non-hydrogen) atoms. The van der Waals surface area contributed by atoms with Gasteiger partial charge in [0.2, 0.25) is 0 Å². The highest BCUT2D eigenvalue weighted by Gasteiger charge is 2.23. The predicted molar refractivity (Wildman–Crippen MR) is 105 cm³/mol. The quantitative estimate of drug-likeness (QED) is 0.785. The van der Waals surface area contributed by atoms with Crippen molar-refractivity contribution in [2.24, 2.45) is 0 Å². The normalized spacial score (nSPS) is 16.3. The standard InChI is InChI=1S/C20H27N5/c1-4-7-15(10-14(2)11-22-3)17-12-25(16-8-5-6-9-16)20-18(17)19(21)23-13-24-20/h4,7,10,12-13,16,22H,2,5-6,8-9,11H2,1,3H3,(H2,21,23,24)/b7-4-,15-10+. The highest BCUT2D eigenvalue weighted by atomic mass is 15.1. The molecule has 0 atom stereocenters. The Labute approximate surface area is 149 Å². The van der Waals surface area contributed by atoms with Gasteiger partial charge in [-0.3, -0.25) is 0 Å². The summed E-state index contributed by atoms with van der Waals surface area (Å²) >= 11 is 0. The second-order valence-electron chi connectivity index (χ2n) is 6.63. The van der Waals surface area contributed by atoms with Crippen LogP contribution in [0.2, 0.25) is 0 Å². The number of allylic oxidation sites excluding steroid dienone is 3. The summed E-state index contributed by atoms with van der Waals surface area (Å²) in [7, 11) is 1.92. The monoisotopic (exact) mass is 337 g/mol. The Kier molecular flexibility index (Phi) is 5.34. The van der Waals surface area contributed by atoms with Crippen LogP contribution in [0.5, 0.6) is 0 Å². The van der Waals surface area contributed by atoms with Gasteiger partial charge in [0.25, 0.3) is 0 Å². The molecular formula is C20H27N5. The minimum Gasteiger partial charge on any atom is -0.383 e. The van der Waals surface area contributed by atoms with Crippen LogP contribution >= 0.6 is 0 Å². The van der Waals surface area contributed by atoms with Crippen LogP contribution in [0, 0.1) is 0 Å². The maximum absolute atomic E-state index is 6.24. The van der Waals surface area contributed by atoms with Crippen molar-refractivity contribution in [3.05, 3.63) is 48.5 Å². The van der Waals surface area contributed by atoms with Crippen LogP contribution in [0.15, 0.2) is 42.9 Å². The lowest BCUT2D eigenvalue weighted by Gasteiger charge is -2.12. The minimum absolute atomic E-state index is 0.498. The summed E-state index contributed by atoms with van der Waals surface area (Å²) in [4.78, 5) is 8.78. The number of nitrogens with zero attached hydrogens (tertiary/aromatic N) is 3. The molecule has 1 fully saturated rings. The number of hydrogen-bond acceptors (Lipinski definition) is 4. The van der Waals surface area contributed by atoms with E-state index in [9.17, 15) is 0 Å². The molecule has 1 saturated carbocycles. The number of nitrogen functional groups attached to an aromatic ring is 1. The fourth-order valence-electron chi connectivity index (χ4n) is 3.68. The first-order valence-corrected chi connectivity index (χ1v) is 8.93. The molecule has 132 valence electrons. The number of aromatic nitrogens is 3. The van der Waals surface area contributed by atoms with Gasteiger partial charge < -0.3 is 15.6 Å². The Bertz CT molecular complexity index is 822. The smallest absolute Gasteiger partial charge is 0.146 e. The third kappa shape index (κ3) is 3.51. The molecule has 2 aromatic rings. The fourth-order valence-corrected chi connectivity index (χ4v) is 3.68. The maximum Gasteiger partial charge on any atom is 0.146 e. The number of anilines is 1. The van der Waals surface area contributed by atoms with E-state index < -0.39 is 0 Å². The van der Waals surface area contributed by atoms with Gasteiger partial charge in [-0.15, -0.1) is 0 Å². The molecule has 2 aromatic heterocycles. The molecule has 3 N–H and O–H groups in total. The van der Waals surface area contributed by atoms with Crippen LogP contribution in [0.4, 0.5) is 5.82 Å². The molecule has 2 heterocycles. The lowest BCUT2D eigenvalue weighted by atomic mass is 10.0. The van der Waals surface area contributed by atoms with E-state index >= 15 is 0 Å². The van der Waals surface area contributed by atoms with E-state index in [1.54, 1.807) is 6.33 Å². The first kappa shape index (κ1) is 17.4. The Morgan fingerprint density at radius 3 is 2.84 bits per heavy atom. The highest BCUT2D eigenvalue weighted by molar-refractivity contribution is 6.00. The van der Waals surface area contributed by atoms with Gasteiger partial charge in [-0.25, -0.2) is 9.97 Å². The number of nitrogens with two attached hydrogens (primary N) is 1. The molecule has 3 rings (SSSR count). The van der Waals surface area contributed by atoms with Crippen molar-refractivity contribution in [3.63, 3.8) is 0 Å². The lowest BCUT2D eigenvalue weighted by molar-refractivity contribution is 0.532. The minimum atomic E-state index is 0.498. The maximum atomic E-state index is 6.24. The molecule has 0 aromatic carbocycles. The SMILES string of the molecule is C=C(/C=C(\C=C/C)c1cn(C2CCCC2)c2ncnc(N)c12)CNC. The largest absolute Gasteiger partial charge is 0.383 e. The van der Waals surface area contributed by atoms with E-state index in [-0.39, 0.29) is 0 Å². The first-order chi connectivity index (χ1) is 12.2. The zero-order chi connectivity index (χ0) is 17.8. The molecule has 0 aliphatic heterocycles. The molecule has 1 aliphatic carbocycles. The van der Waals surface area contributed by atoms with Crippen LogP contribution in [-0.4, -0.2) is 28.1 Å². The van der Waals surface area contributed by atoms with Gasteiger partial charge in [-0.2, -0.15) is 0 Å². The van der Waals surface area contributed by atoms with Crippen LogP contribution in [0.3, 0.4) is 0 Å². The number of nitrogens with one attached hydrogen (secondary N) is 1. The average Bonchev–Trinajstić information content (AvgIpc) is 3.22. The Balaban J connectivity index is 2.18. The molecule has 1 aliphatic rings. The number of rotatable bonds is 6. The molecule has 0 amide bonds.